The van der Waals surface area contributed by atoms with E-state index in [-0.39, 0.29) is 0 Å². The maximum Gasteiger partial charge on any atom is 0.411 e. The number of benzene rings is 4. The maximum absolute atomic E-state index is 13.7. The van der Waals surface area contributed by atoms with E-state index in [1.807, 2.05) is 48.5 Å². The second-order valence-electron chi connectivity index (χ2n) is 9.21. The van der Waals surface area contributed by atoms with Crippen molar-refractivity contribution in [1.82, 2.24) is 0 Å². The predicted molar refractivity (Wildman–Crippen MR) is 138 cm³/mol. The Balaban J connectivity index is 0.000000230. The lowest BCUT2D eigenvalue weighted by molar-refractivity contribution is -0.288. The van der Waals surface area contributed by atoms with Gasteiger partial charge in [-0.15, -0.1) is 0 Å². The molecular weight excluding hydrogens is 502 g/mol. The van der Waals surface area contributed by atoms with Crippen LogP contribution >= 0.6 is 0 Å². The molecule has 0 N–H and O–H groups in total. The van der Waals surface area contributed by atoms with E-state index in [1.54, 1.807) is 13.8 Å². The van der Waals surface area contributed by atoms with Crippen molar-refractivity contribution in [2.24, 2.45) is 0 Å². The Morgan fingerprint density at radius 3 is 0.868 bits per heavy atom. The van der Waals surface area contributed by atoms with Crippen molar-refractivity contribution >= 4 is 0 Å². The molecule has 7 heteroatoms. The summed E-state index contributed by atoms with van der Waals surface area (Å²) >= 11 is 0. The second-order valence-corrected chi connectivity index (χ2v) is 9.21. The van der Waals surface area contributed by atoms with Crippen molar-refractivity contribution in [3.8, 4) is 11.5 Å². The highest BCUT2D eigenvalue weighted by Gasteiger charge is 2.72. The molecule has 0 aliphatic heterocycles. The van der Waals surface area contributed by atoms with E-state index in [0.717, 1.165) is 35.8 Å². The van der Waals surface area contributed by atoms with Crippen molar-refractivity contribution in [1.29, 1.82) is 0 Å². The highest BCUT2D eigenvalue weighted by Crippen LogP contribution is 2.56. The quantitative estimate of drug-likeness (QED) is 0.239. The highest BCUT2D eigenvalue weighted by atomic mass is 19.4. The monoisotopic (exact) mass is 530 g/mol. The molecule has 0 saturated heterocycles. The van der Waals surface area contributed by atoms with Gasteiger partial charge in [0, 0.05) is 0 Å². The first-order valence-corrected chi connectivity index (χ1v) is 11.8. The average molecular weight is 531 g/mol. The lowest BCUT2D eigenvalue weighted by Gasteiger charge is -2.38. The Morgan fingerprint density at radius 1 is 0.395 bits per heavy atom. The van der Waals surface area contributed by atoms with E-state index in [2.05, 4.69) is 13.8 Å². The Morgan fingerprint density at radius 2 is 0.632 bits per heavy atom. The van der Waals surface area contributed by atoms with E-state index >= 15 is 0 Å². The number of alkyl halides is 6. The van der Waals surface area contributed by atoms with Crippen LogP contribution in [0, 0.1) is 27.7 Å². The SMILES string of the molecule is Cc1ccc(C(c2ccc(C)cc2)(C(F)(F)F)C(F)(F)F)cc1.Cc1ccc(Oc2ccc(C)cc2)cc1. The summed E-state index contributed by atoms with van der Waals surface area (Å²) in [6.07, 6.45) is -11.1. The molecule has 0 aromatic heterocycles. The maximum atomic E-state index is 13.7. The number of halogens is 6. The molecule has 0 heterocycles. The minimum atomic E-state index is -5.53. The third-order valence-electron chi connectivity index (χ3n) is 6.10. The summed E-state index contributed by atoms with van der Waals surface area (Å²) in [5.41, 5.74) is -2.09. The van der Waals surface area contributed by atoms with Gasteiger partial charge in [-0.2, -0.15) is 26.3 Å². The van der Waals surface area contributed by atoms with Crippen molar-refractivity contribution in [2.45, 2.75) is 45.5 Å². The lowest BCUT2D eigenvalue weighted by atomic mass is 9.72. The first kappa shape index (κ1) is 28.8. The molecule has 1 nitrogen and oxygen atoms in total. The van der Waals surface area contributed by atoms with Gasteiger partial charge in [0.25, 0.3) is 0 Å². The van der Waals surface area contributed by atoms with Gasteiger partial charge in [-0.3, -0.25) is 0 Å². The Bertz CT molecular complexity index is 1200. The number of aryl methyl sites for hydroxylation is 4. The fourth-order valence-corrected chi connectivity index (χ4v) is 3.94. The summed E-state index contributed by atoms with van der Waals surface area (Å²) in [6.45, 7) is 7.32. The number of hydrogen-bond donors (Lipinski definition) is 0. The molecule has 0 amide bonds. The molecule has 200 valence electrons. The van der Waals surface area contributed by atoms with Crippen molar-refractivity contribution < 1.29 is 31.1 Å². The zero-order valence-electron chi connectivity index (χ0n) is 21.4. The van der Waals surface area contributed by atoms with Gasteiger partial charge in [0.1, 0.15) is 11.5 Å². The largest absolute Gasteiger partial charge is 0.457 e. The van der Waals surface area contributed by atoms with E-state index < -0.39 is 28.9 Å². The van der Waals surface area contributed by atoms with Gasteiger partial charge in [-0.05, 0) is 63.1 Å². The van der Waals surface area contributed by atoms with E-state index in [4.69, 9.17) is 4.74 Å². The van der Waals surface area contributed by atoms with E-state index in [9.17, 15) is 26.3 Å². The topological polar surface area (TPSA) is 9.23 Å². The molecule has 0 aliphatic carbocycles. The van der Waals surface area contributed by atoms with Crippen LogP contribution in [-0.2, 0) is 5.41 Å². The number of rotatable bonds is 4. The summed E-state index contributed by atoms with van der Waals surface area (Å²) < 4.78 is 88.0. The minimum Gasteiger partial charge on any atom is -0.457 e. The van der Waals surface area contributed by atoms with Crippen LogP contribution in [0.1, 0.15) is 33.4 Å². The van der Waals surface area contributed by atoms with Crippen molar-refractivity contribution in [2.75, 3.05) is 0 Å². The molecular formula is C31H28F6O. The van der Waals surface area contributed by atoms with Crippen LogP contribution in [0.4, 0.5) is 26.3 Å². The summed E-state index contributed by atoms with van der Waals surface area (Å²) in [5.74, 6) is 1.76. The lowest BCUT2D eigenvalue weighted by Crippen LogP contribution is -2.54. The molecule has 0 bridgehead atoms. The molecule has 0 fully saturated rings. The third kappa shape index (κ3) is 6.39. The van der Waals surface area contributed by atoms with Crippen LogP contribution in [0.3, 0.4) is 0 Å². The molecule has 0 radical (unpaired) electrons. The predicted octanol–water partition coefficient (Wildman–Crippen LogP) is 9.81. The zero-order valence-corrected chi connectivity index (χ0v) is 21.4. The van der Waals surface area contributed by atoms with Crippen LogP contribution in [-0.4, -0.2) is 12.4 Å². The highest BCUT2D eigenvalue weighted by molar-refractivity contribution is 5.45. The molecule has 0 unspecified atom stereocenters. The van der Waals surface area contributed by atoms with Crippen LogP contribution in [0.5, 0.6) is 11.5 Å². The molecule has 0 saturated carbocycles. The van der Waals surface area contributed by atoms with Gasteiger partial charge in [-0.25, -0.2) is 0 Å². The molecule has 4 aromatic rings. The average Bonchev–Trinajstić information content (AvgIpc) is 2.83. The smallest absolute Gasteiger partial charge is 0.411 e. The van der Waals surface area contributed by atoms with Crippen LogP contribution in [0.15, 0.2) is 97.1 Å². The number of hydrogen-bond acceptors (Lipinski definition) is 1. The van der Waals surface area contributed by atoms with Gasteiger partial charge >= 0.3 is 12.4 Å². The molecule has 4 rings (SSSR count). The number of ether oxygens (including phenoxy) is 1. The Labute approximate surface area is 218 Å². The molecule has 0 aliphatic rings. The van der Waals surface area contributed by atoms with Gasteiger partial charge in [-0.1, -0.05) is 95.1 Å². The van der Waals surface area contributed by atoms with Gasteiger partial charge in [0.15, 0.2) is 0 Å². The van der Waals surface area contributed by atoms with Crippen LogP contribution in [0.25, 0.3) is 0 Å². The second kappa shape index (κ2) is 11.3. The molecule has 0 spiro atoms. The van der Waals surface area contributed by atoms with Crippen molar-refractivity contribution in [3.05, 3.63) is 130 Å². The Kier molecular flexibility index (Phi) is 8.60. The first-order chi connectivity index (χ1) is 17.7. The van der Waals surface area contributed by atoms with Crippen LogP contribution in [0.2, 0.25) is 0 Å². The standard InChI is InChI=1S/C17H14F6.C14H14O/c1-11-3-7-13(8-4-11)15(16(18,19)20,17(21,22)23)14-9-5-12(2)6-10-14;1-11-3-7-13(8-4-11)15-14-9-5-12(2)6-10-14/h3-10H,1-2H3;3-10H,1-2H3. The fraction of sp³-hybridized carbons (Fsp3) is 0.226. The molecule has 0 atom stereocenters. The van der Waals surface area contributed by atoms with Crippen molar-refractivity contribution in [3.63, 3.8) is 0 Å². The summed E-state index contributed by atoms with van der Waals surface area (Å²) in [6, 6.07) is 24.6. The van der Waals surface area contributed by atoms with Gasteiger partial charge in [0.05, 0.1) is 0 Å². The summed E-state index contributed by atoms with van der Waals surface area (Å²) in [4.78, 5) is 0. The first-order valence-electron chi connectivity index (χ1n) is 11.8. The van der Waals surface area contributed by atoms with Gasteiger partial charge < -0.3 is 4.74 Å². The third-order valence-corrected chi connectivity index (χ3v) is 6.10. The summed E-state index contributed by atoms with van der Waals surface area (Å²) in [5, 5.41) is 0. The van der Waals surface area contributed by atoms with Crippen LogP contribution < -0.4 is 4.74 Å². The molecule has 4 aromatic carbocycles. The fourth-order valence-electron chi connectivity index (χ4n) is 3.94. The van der Waals surface area contributed by atoms with E-state index in [0.29, 0.717) is 11.1 Å². The zero-order chi connectivity index (χ0) is 28.1. The van der Waals surface area contributed by atoms with Gasteiger partial charge in [0.2, 0.25) is 5.41 Å². The van der Waals surface area contributed by atoms with E-state index in [1.165, 1.54) is 35.4 Å². The minimum absolute atomic E-state index is 0.580. The Hall–Kier alpha value is -3.74. The summed E-state index contributed by atoms with van der Waals surface area (Å²) in [7, 11) is 0. The normalized spacial score (nSPS) is 11.9. The molecule has 38 heavy (non-hydrogen) atoms.